The molecular weight excluding hydrogens is 288 g/mol. The maximum Gasteiger partial charge on any atom is 0.341 e. The van der Waals surface area contributed by atoms with Crippen molar-refractivity contribution in [3.05, 3.63) is 0 Å². The van der Waals surface area contributed by atoms with E-state index in [0.29, 0.717) is 0 Å². The van der Waals surface area contributed by atoms with Crippen molar-refractivity contribution in [2.75, 3.05) is 14.2 Å². The highest BCUT2D eigenvalue weighted by atomic mass is 16.7. The van der Waals surface area contributed by atoms with Crippen LogP contribution in [0, 0.1) is 0 Å². The summed E-state index contributed by atoms with van der Waals surface area (Å²) >= 11 is 0. The summed E-state index contributed by atoms with van der Waals surface area (Å²) in [5, 5.41) is 30.4. The molecule has 0 aromatic rings. The molecule has 6 atom stereocenters. The van der Waals surface area contributed by atoms with Gasteiger partial charge in [-0.3, -0.25) is 0 Å². The van der Waals surface area contributed by atoms with E-state index < -0.39 is 47.7 Å². The summed E-state index contributed by atoms with van der Waals surface area (Å²) in [6.07, 6.45) is -5.67. The first-order valence-corrected chi connectivity index (χ1v) is 6.33. The van der Waals surface area contributed by atoms with Crippen molar-refractivity contribution in [1.29, 1.82) is 0 Å². The van der Waals surface area contributed by atoms with Crippen LogP contribution in [0.3, 0.4) is 0 Å². The summed E-state index contributed by atoms with van der Waals surface area (Å²) in [5.74, 6) is -4.43. The zero-order valence-corrected chi connectivity index (χ0v) is 11.8. The first kappa shape index (κ1) is 16.1. The molecule has 3 unspecified atom stereocenters. The van der Waals surface area contributed by atoms with Gasteiger partial charge in [0.2, 0.25) is 11.4 Å². The molecule has 2 aliphatic heterocycles. The molecule has 0 aliphatic carbocycles. The highest BCUT2D eigenvalue weighted by Gasteiger charge is 2.71. The van der Waals surface area contributed by atoms with Crippen LogP contribution in [0.1, 0.15) is 13.3 Å². The number of hydrogen-bond donors (Lipinski definition) is 3. The van der Waals surface area contributed by atoms with Gasteiger partial charge in [-0.25, -0.2) is 9.59 Å². The standard InChI is InChI=1S/C12H18O9/c1-5-7(13)12(17)6(20-5)4-11(21-12,10(16)19-3)8(14)9(15)18-2/h5-8,13-14,17H,4H2,1-3H3/t5-,6+,7?,8?,11?,12-/m0/s1. The predicted molar refractivity (Wildman–Crippen MR) is 63.8 cm³/mol. The Morgan fingerprint density at radius 2 is 1.95 bits per heavy atom. The third-order valence-electron chi connectivity index (χ3n) is 3.94. The lowest BCUT2D eigenvalue weighted by Crippen LogP contribution is -2.57. The number of rotatable bonds is 3. The molecule has 9 heteroatoms. The smallest absolute Gasteiger partial charge is 0.341 e. The van der Waals surface area contributed by atoms with Crippen LogP contribution in [0.4, 0.5) is 0 Å². The van der Waals surface area contributed by atoms with E-state index in [9.17, 15) is 24.9 Å². The van der Waals surface area contributed by atoms with Crippen molar-refractivity contribution >= 4 is 11.9 Å². The summed E-state index contributed by atoms with van der Waals surface area (Å²) < 4.78 is 19.5. The molecule has 0 amide bonds. The monoisotopic (exact) mass is 306 g/mol. The zero-order chi connectivity index (χ0) is 16.0. The van der Waals surface area contributed by atoms with Crippen LogP contribution in [0.25, 0.3) is 0 Å². The maximum absolute atomic E-state index is 12.0. The number of hydrogen-bond acceptors (Lipinski definition) is 9. The fourth-order valence-corrected chi connectivity index (χ4v) is 2.77. The maximum atomic E-state index is 12.0. The summed E-state index contributed by atoms with van der Waals surface area (Å²) in [6, 6.07) is 0. The Hall–Kier alpha value is -1.26. The van der Waals surface area contributed by atoms with E-state index in [2.05, 4.69) is 9.47 Å². The number of carbonyl (C=O) groups excluding carboxylic acids is 2. The summed E-state index contributed by atoms with van der Waals surface area (Å²) in [7, 11) is 2.06. The van der Waals surface area contributed by atoms with Crippen LogP contribution >= 0.6 is 0 Å². The average molecular weight is 306 g/mol. The molecule has 2 fully saturated rings. The Bertz CT molecular complexity index is 452. The third kappa shape index (κ3) is 2.12. The number of fused-ring (bicyclic) bond motifs is 1. The van der Waals surface area contributed by atoms with Gasteiger partial charge in [-0.1, -0.05) is 0 Å². The molecule has 0 aromatic heterocycles. The Morgan fingerprint density at radius 1 is 1.33 bits per heavy atom. The number of ether oxygens (including phenoxy) is 4. The molecule has 0 aromatic carbocycles. The van der Waals surface area contributed by atoms with Crippen molar-refractivity contribution in [2.45, 2.75) is 49.1 Å². The van der Waals surface area contributed by atoms with Gasteiger partial charge in [0.15, 0.2) is 6.10 Å². The lowest BCUT2D eigenvalue weighted by atomic mass is 9.91. The first-order chi connectivity index (χ1) is 9.72. The molecule has 2 rings (SSSR count). The number of esters is 2. The number of carbonyl (C=O) groups is 2. The van der Waals surface area contributed by atoms with Gasteiger partial charge in [0.05, 0.1) is 20.3 Å². The fraction of sp³-hybridized carbons (Fsp3) is 0.833. The van der Waals surface area contributed by atoms with Crippen molar-refractivity contribution in [2.24, 2.45) is 0 Å². The third-order valence-corrected chi connectivity index (χ3v) is 3.94. The normalized spacial score (nSPS) is 43.2. The van der Waals surface area contributed by atoms with E-state index in [1.54, 1.807) is 0 Å². The Balaban J connectivity index is 2.38. The molecule has 3 N–H and O–H groups in total. The second-order valence-electron chi connectivity index (χ2n) is 5.14. The Kier molecular flexibility index (Phi) is 3.98. The topological polar surface area (TPSA) is 132 Å². The second-order valence-corrected chi connectivity index (χ2v) is 5.14. The van der Waals surface area contributed by atoms with Crippen molar-refractivity contribution in [1.82, 2.24) is 0 Å². The SMILES string of the molecule is COC(=O)C(O)C1(C(=O)OC)C[C@H]2O[C@@H](C)C(O)[C@@]2(O)O1. The molecule has 2 saturated heterocycles. The van der Waals surface area contributed by atoms with E-state index in [4.69, 9.17) is 9.47 Å². The van der Waals surface area contributed by atoms with Crippen LogP contribution in [-0.2, 0) is 28.5 Å². The minimum atomic E-state index is -2.22. The van der Waals surface area contributed by atoms with Crippen LogP contribution in [0.5, 0.6) is 0 Å². The molecule has 0 saturated carbocycles. The first-order valence-electron chi connectivity index (χ1n) is 6.33. The summed E-state index contributed by atoms with van der Waals surface area (Å²) in [5.41, 5.74) is -2.21. The summed E-state index contributed by atoms with van der Waals surface area (Å²) in [4.78, 5) is 23.5. The van der Waals surface area contributed by atoms with Crippen LogP contribution in [0.2, 0.25) is 0 Å². The van der Waals surface area contributed by atoms with Gasteiger partial charge in [-0.2, -0.15) is 0 Å². The zero-order valence-electron chi connectivity index (χ0n) is 11.8. The van der Waals surface area contributed by atoms with Crippen LogP contribution < -0.4 is 0 Å². The van der Waals surface area contributed by atoms with E-state index in [0.717, 1.165) is 14.2 Å². The van der Waals surface area contributed by atoms with Gasteiger partial charge in [0.25, 0.3) is 0 Å². The second kappa shape index (κ2) is 5.18. The molecule has 120 valence electrons. The van der Waals surface area contributed by atoms with E-state index in [1.165, 1.54) is 6.92 Å². The molecule has 2 aliphatic rings. The fourth-order valence-electron chi connectivity index (χ4n) is 2.77. The molecule has 21 heavy (non-hydrogen) atoms. The van der Waals surface area contributed by atoms with Gasteiger partial charge in [0, 0.05) is 6.42 Å². The largest absolute Gasteiger partial charge is 0.467 e. The highest BCUT2D eigenvalue weighted by molar-refractivity contribution is 5.89. The van der Waals surface area contributed by atoms with E-state index in [-0.39, 0.29) is 6.42 Å². The van der Waals surface area contributed by atoms with Gasteiger partial charge < -0.3 is 34.3 Å². The lowest BCUT2D eigenvalue weighted by molar-refractivity contribution is -0.278. The van der Waals surface area contributed by atoms with Crippen LogP contribution in [0.15, 0.2) is 0 Å². The predicted octanol–water partition coefficient (Wildman–Crippen LogP) is -2.31. The molecule has 2 heterocycles. The van der Waals surface area contributed by atoms with Crippen molar-refractivity contribution in [3.8, 4) is 0 Å². The lowest BCUT2D eigenvalue weighted by Gasteiger charge is -2.33. The van der Waals surface area contributed by atoms with Gasteiger partial charge in [-0.15, -0.1) is 0 Å². The Labute approximate surface area is 120 Å². The molecule has 0 spiro atoms. The number of methoxy groups -OCH3 is 2. The van der Waals surface area contributed by atoms with Gasteiger partial charge in [-0.05, 0) is 6.92 Å². The number of aliphatic hydroxyl groups excluding tert-OH is 2. The minimum Gasteiger partial charge on any atom is -0.467 e. The van der Waals surface area contributed by atoms with E-state index in [1.807, 2.05) is 0 Å². The molecule has 9 nitrogen and oxygen atoms in total. The quantitative estimate of drug-likeness (QED) is 0.492. The number of aliphatic hydroxyl groups is 3. The minimum absolute atomic E-state index is 0.367. The van der Waals surface area contributed by atoms with E-state index >= 15 is 0 Å². The average Bonchev–Trinajstić information content (AvgIpc) is 2.88. The molecule has 0 bridgehead atoms. The molecular formula is C12H18O9. The van der Waals surface area contributed by atoms with Crippen molar-refractivity contribution in [3.63, 3.8) is 0 Å². The van der Waals surface area contributed by atoms with Crippen LogP contribution in [-0.4, -0.2) is 77.3 Å². The highest BCUT2D eigenvalue weighted by Crippen LogP contribution is 2.48. The van der Waals surface area contributed by atoms with Crippen molar-refractivity contribution < 1.29 is 43.9 Å². The Morgan fingerprint density at radius 3 is 2.43 bits per heavy atom. The molecule has 0 radical (unpaired) electrons. The van der Waals surface area contributed by atoms with Gasteiger partial charge >= 0.3 is 11.9 Å². The summed E-state index contributed by atoms with van der Waals surface area (Å²) in [6.45, 7) is 1.51. The van der Waals surface area contributed by atoms with Gasteiger partial charge in [0.1, 0.15) is 12.2 Å².